The number of carbonyl (C=O) groups is 1. The summed E-state index contributed by atoms with van der Waals surface area (Å²) in [4.78, 5) is 13.5. The Kier molecular flexibility index (Phi) is 5.95. The Hall–Kier alpha value is -2.31. The normalized spacial score (nSPS) is 11.2. The van der Waals surface area contributed by atoms with Gasteiger partial charge in [-0.15, -0.1) is 0 Å². The van der Waals surface area contributed by atoms with E-state index in [-0.39, 0.29) is 22.9 Å². The molecule has 9 heteroatoms. The number of carboxylic acids is 1. The molecular formula is C12H10ClF2N3O3. The van der Waals surface area contributed by atoms with Gasteiger partial charge < -0.3 is 9.84 Å². The van der Waals surface area contributed by atoms with Gasteiger partial charge in [0.1, 0.15) is 5.75 Å². The zero-order valence-corrected chi connectivity index (χ0v) is 11.5. The molecule has 0 spiro atoms. The molecule has 0 aliphatic heterocycles. The standard InChI is InChI=1S/C12H10ClF2N3O3/c1-6-2-7(3-8(11(19)20)5-17-18-16)4-9(13)10(6)21-12(14)15/h2-4,12H,5H2,1H3,(H,19,20). The highest BCUT2D eigenvalue weighted by atomic mass is 35.5. The third kappa shape index (κ3) is 4.94. The minimum absolute atomic E-state index is 0.0740. The highest BCUT2D eigenvalue weighted by Gasteiger charge is 2.13. The molecule has 1 aromatic carbocycles. The first-order valence-electron chi connectivity index (χ1n) is 5.54. The fourth-order valence-corrected chi connectivity index (χ4v) is 1.88. The second kappa shape index (κ2) is 7.47. The molecule has 6 nitrogen and oxygen atoms in total. The first kappa shape index (κ1) is 16.7. The largest absolute Gasteiger partial charge is 0.478 e. The monoisotopic (exact) mass is 317 g/mol. The maximum Gasteiger partial charge on any atom is 0.387 e. The minimum atomic E-state index is -3.01. The molecule has 0 saturated carbocycles. The van der Waals surface area contributed by atoms with Crippen molar-refractivity contribution in [3.63, 3.8) is 0 Å². The predicted octanol–water partition coefficient (Wildman–Crippen LogP) is 4.03. The van der Waals surface area contributed by atoms with Crippen LogP contribution in [0.15, 0.2) is 22.8 Å². The van der Waals surface area contributed by atoms with Crippen molar-refractivity contribution in [3.8, 4) is 5.75 Å². The molecular weight excluding hydrogens is 308 g/mol. The van der Waals surface area contributed by atoms with Crippen LogP contribution in [0.3, 0.4) is 0 Å². The Bertz CT molecular complexity index is 605. The molecule has 0 heterocycles. The Morgan fingerprint density at radius 3 is 2.76 bits per heavy atom. The number of azide groups is 1. The molecule has 21 heavy (non-hydrogen) atoms. The molecule has 0 bridgehead atoms. The first-order valence-corrected chi connectivity index (χ1v) is 5.92. The summed E-state index contributed by atoms with van der Waals surface area (Å²) in [5.41, 5.74) is 8.73. The number of carboxylic acid groups (broad SMARTS) is 1. The second-order valence-electron chi connectivity index (χ2n) is 3.89. The molecule has 0 fully saturated rings. The molecule has 0 aromatic heterocycles. The van der Waals surface area contributed by atoms with Crippen LogP contribution >= 0.6 is 11.6 Å². The summed E-state index contributed by atoms with van der Waals surface area (Å²) in [5, 5.41) is 12.1. The lowest BCUT2D eigenvalue weighted by atomic mass is 10.1. The van der Waals surface area contributed by atoms with Gasteiger partial charge >= 0.3 is 12.6 Å². The highest BCUT2D eigenvalue weighted by Crippen LogP contribution is 2.32. The van der Waals surface area contributed by atoms with Gasteiger partial charge in [-0.2, -0.15) is 8.78 Å². The molecule has 1 N–H and O–H groups in total. The van der Waals surface area contributed by atoms with Crippen molar-refractivity contribution in [2.45, 2.75) is 13.5 Å². The van der Waals surface area contributed by atoms with Crippen LogP contribution in [0.25, 0.3) is 16.5 Å². The molecule has 0 radical (unpaired) electrons. The van der Waals surface area contributed by atoms with Crippen LogP contribution in [0.4, 0.5) is 8.78 Å². The molecule has 112 valence electrons. The quantitative estimate of drug-likeness (QED) is 0.371. The number of benzene rings is 1. The molecule has 0 saturated heterocycles. The van der Waals surface area contributed by atoms with Gasteiger partial charge in [-0.3, -0.25) is 0 Å². The van der Waals surface area contributed by atoms with Crippen LogP contribution in [0.1, 0.15) is 11.1 Å². The Balaban J connectivity index is 3.19. The van der Waals surface area contributed by atoms with Crippen molar-refractivity contribution >= 4 is 23.6 Å². The summed E-state index contributed by atoms with van der Waals surface area (Å²) in [7, 11) is 0. The second-order valence-corrected chi connectivity index (χ2v) is 4.30. The van der Waals surface area contributed by atoms with E-state index in [0.29, 0.717) is 11.1 Å². The van der Waals surface area contributed by atoms with Crippen LogP contribution in [-0.4, -0.2) is 24.2 Å². The fourth-order valence-electron chi connectivity index (χ4n) is 1.56. The number of ether oxygens (including phenoxy) is 1. The summed E-state index contributed by atoms with van der Waals surface area (Å²) in [5.74, 6) is -1.43. The summed E-state index contributed by atoms with van der Waals surface area (Å²) < 4.78 is 28.7. The van der Waals surface area contributed by atoms with Crippen LogP contribution in [0, 0.1) is 6.92 Å². The summed E-state index contributed by atoms with van der Waals surface area (Å²) in [6.45, 7) is -1.87. The van der Waals surface area contributed by atoms with E-state index >= 15 is 0 Å². The molecule has 1 rings (SSSR count). The van der Waals surface area contributed by atoms with E-state index in [1.807, 2.05) is 0 Å². The van der Waals surface area contributed by atoms with Crippen molar-refractivity contribution in [3.05, 3.63) is 44.3 Å². The van der Waals surface area contributed by atoms with Crippen LogP contribution in [-0.2, 0) is 4.79 Å². The van der Waals surface area contributed by atoms with Gasteiger partial charge in [-0.25, -0.2) is 4.79 Å². The van der Waals surface area contributed by atoms with Gasteiger partial charge in [0.15, 0.2) is 0 Å². The number of rotatable bonds is 6. The molecule has 0 amide bonds. The molecule has 0 aliphatic carbocycles. The van der Waals surface area contributed by atoms with Crippen molar-refractivity contribution in [2.24, 2.45) is 5.11 Å². The predicted molar refractivity (Wildman–Crippen MR) is 72.4 cm³/mol. The van der Waals surface area contributed by atoms with Gasteiger partial charge in [0, 0.05) is 10.5 Å². The van der Waals surface area contributed by atoms with E-state index in [0.717, 1.165) is 0 Å². The number of hydrogen-bond acceptors (Lipinski definition) is 3. The molecule has 0 unspecified atom stereocenters. The molecule has 0 aliphatic rings. The van der Waals surface area contributed by atoms with E-state index in [1.54, 1.807) is 0 Å². The highest BCUT2D eigenvalue weighted by molar-refractivity contribution is 6.32. The van der Waals surface area contributed by atoms with Gasteiger partial charge in [-0.1, -0.05) is 16.7 Å². The number of aryl methyl sites for hydroxylation is 1. The lowest BCUT2D eigenvalue weighted by molar-refractivity contribution is -0.132. The van der Waals surface area contributed by atoms with E-state index in [9.17, 15) is 13.6 Å². The number of nitrogens with zero attached hydrogens (tertiary/aromatic N) is 3. The maximum absolute atomic E-state index is 12.2. The number of aliphatic carboxylic acids is 1. The molecule has 1 aromatic rings. The average Bonchev–Trinajstić information content (AvgIpc) is 2.38. The lowest BCUT2D eigenvalue weighted by Gasteiger charge is -2.11. The van der Waals surface area contributed by atoms with Crippen molar-refractivity contribution < 1.29 is 23.4 Å². The van der Waals surface area contributed by atoms with Gasteiger partial charge in [0.25, 0.3) is 0 Å². The maximum atomic E-state index is 12.2. The van der Waals surface area contributed by atoms with Crippen LogP contribution in [0.5, 0.6) is 5.75 Å². The lowest BCUT2D eigenvalue weighted by Crippen LogP contribution is -2.05. The van der Waals surface area contributed by atoms with Gasteiger partial charge in [0.2, 0.25) is 0 Å². The van der Waals surface area contributed by atoms with Crippen molar-refractivity contribution in [1.29, 1.82) is 0 Å². The Labute approximate surface area is 123 Å². The van der Waals surface area contributed by atoms with Crippen LogP contribution in [0.2, 0.25) is 5.02 Å². The van der Waals surface area contributed by atoms with E-state index < -0.39 is 12.6 Å². The Morgan fingerprint density at radius 2 is 2.29 bits per heavy atom. The summed E-state index contributed by atoms with van der Waals surface area (Å²) >= 11 is 5.83. The SMILES string of the molecule is Cc1cc(C=C(CN=[N+]=[N-])C(=O)O)cc(Cl)c1OC(F)F. The minimum Gasteiger partial charge on any atom is -0.478 e. The van der Waals surface area contributed by atoms with Gasteiger partial charge in [-0.05, 0) is 41.8 Å². The third-order valence-electron chi connectivity index (χ3n) is 2.38. The van der Waals surface area contributed by atoms with E-state index in [4.69, 9.17) is 22.2 Å². The number of halogens is 3. The van der Waals surface area contributed by atoms with E-state index in [2.05, 4.69) is 14.8 Å². The molecule has 0 atom stereocenters. The zero-order chi connectivity index (χ0) is 16.0. The number of alkyl halides is 2. The Morgan fingerprint density at radius 1 is 1.62 bits per heavy atom. The van der Waals surface area contributed by atoms with E-state index in [1.165, 1.54) is 25.1 Å². The van der Waals surface area contributed by atoms with Crippen molar-refractivity contribution in [2.75, 3.05) is 6.54 Å². The smallest absolute Gasteiger partial charge is 0.387 e. The summed E-state index contributed by atoms with van der Waals surface area (Å²) in [6, 6.07) is 2.72. The van der Waals surface area contributed by atoms with Crippen molar-refractivity contribution in [1.82, 2.24) is 0 Å². The summed E-state index contributed by atoms with van der Waals surface area (Å²) in [6.07, 6.45) is 1.24. The fraction of sp³-hybridized carbons (Fsp3) is 0.250. The third-order valence-corrected chi connectivity index (χ3v) is 2.66. The zero-order valence-electron chi connectivity index (χ0n) is 10.8. The van der Waals surface area contributed by atoms with Crippen LogP contribution < -0.4 is 4.74 Å². The van der Waals surface area contributed by atoms with Gasteiger partial charge in [0.05, 0.1) is 11.6 Å². The average molecular weight is 318 g/mol. The topological polar surface area (TPSA) is 95.3 Å². The number of hydrogen-bond donors (Lipinski definition) is 1. The first-order chi connectivity index (χ1) is 9.85.